The van der Waals surface area contributed by atoms with E-state index in [1.54, 1.807) is 0 Å². The number of nitrogens with zero attached hydrogens (tertiary/aromatic N) is 1. The minimum Gasteiger partial charge on any atom is -0.393 e. The summed E-state index contributed by atoms with van der Waals surface area (Å²) in [5.74, 6) is -0.217. The van der Waals surface area contributed by atoms with E-state index >= 15 is 0 Å². The Morgan fingerprint density at radius 1 is 1.03 bits per heavy atom. The van der Waals surface area contributed by atoms with Crippen molar-refractivity contribution in [2.75, 3.05) is 11.9 Å². The number of nitrogens with one attached hydrogen (secondary N) is 2. The Kier molecular flexibility index (Phi) is 12.7. The average Bonchev–Trinajstić information content (AvgIpc) is 3.07. The predicted octanol–water partition coefficient (Wildman–Crippen LogP) is 3.04. The van der Waals surface area contributed by atoms with Gasteiger partial charge in [0.15, 0.2) is 17.6 Å². The van der Waals surface area contributed by atoms with Gasteiger partial charge < -0.3 is 25.4 Å². The number of hydrogen-bond acceptors (Lipinski definition) is 8. The fraction of sp³-hybridized carbons (Fsp3) is 0.800. The minimum absolute atomic E-state index is 0.154. The molecule has 1 aliphatic rings. The van der Waals surface area contributed by atoms with Crippen LogP contribution in [0.5, 0.6) is 0 Å². The van der Waals surface area contributed by atoms with Crippen LogP contribution in [0.3, 0.4) is 0 Å². The third-order valence-electron chi connectivity index (χ3n) is 6.64. The van der Waals surface area contributed by atoms with Gasteiger partial charge in [-0.2, -0.15) is 0 Å². The normalized spacial score (nSPS) is 24.4. The number of ether oxygens (including phenoxy) is 1. The first-order valence-electron chi connectivity index (χ1n) is 12.9. The average molecular weight is 482 g/mol. The van der Waals surface area contributed by atoms with E-state index in [9.17, 15) is 24.9 Å². The summed E-state index contributed by atoms with van der Waals surface area (Å²) in [6.45, 7) is 1.49. The molecule has 0 bridgehead atoms. The number of Topliss-reactive ketones (excluding diaryl/α,β-unsaturated/α-hetero) is 1. The molecule has 1 fully saturated rings. The molecule has 2 heterocycles. The number of H-pyrrole nitrogens is 1. The molecule has 9 nitrogen and oxygen atoms in total. The molecule has 0 aliphatic carbocycles. The molecule has 0 saturated carbocycles. The number of aromatic nitrogens is 2. The predicted molar refractivity (Wildman–Crippen MR) is 131 cm³/mol. The lowest BCUT2D eigenvalue weighted by molar-refractivity contribution is -0.158. The van der Waals surface area contributed by atoms with Crippen LogP contribution in [0.25, 0.3) is 0 Å². The highest BCUT2D eigenvalue weighted by atomic mass is 16.6. The van der Waals surface area contributed by atoms with Gasteiger partial charge in [-0.1, -0.05) is 84.0 Å². The SMILES string of the molecule is CCCCCCCCCCCCCCCC(=O)[C@]1(CO)O[C@@H](Nc2ccnc(=O)[nH]2)[C@@H](O)[C@@H]1O. The van der Waals surface area contributed by atoms with Crippen LogP contribution in [-0.2, 0) is 9.53 Å². The van der Waals surface area contributed by atoms with Crippen LogP contribution < -0.4 is 11.0 Å². The van der Waals surface area contributed by atoms with E-state index in [0.717, 1.165) is 19.3 Å². The van der Waals surface area contributed by atoms with Gasteiger partial charge in [0.2, 0.25) is 0 Å². The molecule has 2 rings (SSSR count). The summed E-state index contributed by atoms with van der Waals surface area (Å²) in [6, 6.07) is 1.46. The third kappa shape index (κ3) is 8.45. The van der Waals surface area contributed by atoms with Gasteiger partial charge in [-0.25, -0.2) is 9.78 Å². The van der Waals surface area contributed by atoms with Crippen LogP contribution in [0.1, 0.15) is 96.8 Å². The van der Waals surface area contributed by atoms with Gasteiger partial charge in [0.25, 0.3) is 0 Å². The van der Waals surface area contributed by atoms with Crippen molar-refractivity contribution in [3.05, 3.63) is 22.7 Å². The molecule has 1 aliphatic heterocycles. The Morgan fingerprint density at radius 3 is 2.12 bits per heavy atom. The molecule has 4 atom stereocenters. The summed E-state index contributed by atoms with van der Waals surface area (Å²) in [5, 5.41) is 33.5. The Balaban J connectivity index is 1.66. The molecule has 5 N–H and O–H groups in total. The van der Waals surface area contributed by atoms with Gasteiger partial charge in [0, 0.05) is 12.6 Å². The first-order chi connectivity index (χ1) is 16.4. The maximum absolute atomic E-state index is 12.9. The zero-order valence-corrected chi connectivity index (χ0v) is 20.5. The molecule has 0 unspecified atom stereocenters. The summed E-state index contributed by atoms with van der Waals surface area (Å²) in [6.07, 6.45) is 12.7. The molecule has 0 spiro atoms. The molecule has 1 aromatic heterocycles. The van der Waals surface area contributed by atoms with Crippen molar-refractivity contribution in [1.29, 1.82) is 0 Å². The number of aromatic amines is 1. The monoisotopic (exact) mass is 481 g/mol. The zero-order valence-electron chi connectivity index (χ0n) is 20.5. The molecule has 0 amide bonds. The van der Waals surface area contributed by atoms with E-state index in [1.165, 1.54) is 70.1 Å². The van der Waals surface area contributed by atoms with Crippen LogP contribution in [-0.4, -0.2) is 61.7 Å². The Morgan fingerprint density at radius 2 is 1.59 bits per heavy atom. The summed E-state index contributed by atoms with van der Waals surface area (Å²) >= 11 is 0. The van der Waals surface area contributed by atoms with Crippen molar-refractivity contribution in [2.24, 2.45) is 0 Å². The molecule has 34 heavy (non-hydrogen) atoms. The van der Waals surface area contributed by atoms with Crippen molar-refractivity contribution >= 4 is 11.6 Å². The Bertz CT molecular complexity index is 773. The van der Waals surface area contributed by atoms with Crippen molar-refractivity contribution < 1.29 is 24.9 Å². The molecule has 9 heteroatoms. The number of hydrogen-bond donors (Lipinski definition) is 5. The number of ketones is 1. The van der Waals surface area contributed by atoms with E-state index in [2.05, 4.69) is 22.2 Å². The second kappa shape index (κ2) is 15.2. The van der Waals surface area contributed by atoms with E-state index in [4.69, 9.17) is 4.74 Å². The largest absolute Gasteiger partial charge is 0.393 e. The minimum atomic E-state index is -1.89. The second-order valence-electron chi connectivity index (χ2n) is 9.37. The summed E-state index contributed by atoms with van der Waals surface area (Å²) in [4.78, 5) is 30.1. The van der Waals surface area contributed by atoms with Gasteiger partial charge >= 0.3 is 5.69 Å². The molecule has 1 aromatic rings. The lowest BCUT2D eigenvalue weighted by Crippen LogP contribution is -2.52. The molecule has 1 saturated heterocycles. The summed E-state index contributed by atoms with van der Waals surface area (Å²) in [5.41, 5.74) is -2.48. The molecule has 0 radical (unpaired) electrons. The summed E-state index contributed by atoms with van der Waals surface area (Å²) in [7, 11) is 0. The van der Waals surface area contributed by atoms with E-state index in [-0.39, 0.29) is 12.2 Å². The molecular formula is C25H43N3O6. The van der Waals surface area contributed by atoms with Crippen LogP contribution in [0.2, 0.25) is 0 Å². The fourth-order valence-electron chi connectivity index (χ4n) is 4.49. The zero-order chi connectivity index (χ0) is 24.8. The van der Waals surface area contributed by atoms with Gasteiger partial charge in [0.1, 0.15) is 18.0 Å². The van der Waals surface area contributed by atoms with Crippen LogP contribution in [0.4, 0.5) is 5.82 Å². The Hall–Kier alpha value is -1.81. The third-order valence-corrected chi connectivity index (χ3v) is 6.64. The van der Waals surface area contributed by atoms with Gasteiger partial charge in [0.05, 0.1) is 6.61 Å². The van der Waals surface area contributed by atoms with Gasteiger partial charge in [-0.05, 0) is 12.5 Å². The van der Waals surface area contributed by atoms with Crippen molar-refractivity contribution in [3.63, 3.8) is 0 Å². The maximum atomic E-state index is 12.9. The standard InChI is InChI=1S/C25H43N3O6/c1-2-3-4-5-6-7-8-9-10-11-12-13-14-15-19(30)25(18-29)22(32)21(31)23(34-25)27-20-16-17-26-24(33)28-20/h16-17,21-23,29,31-32H,2-15,18H2,1H3,(H2,26,27,28,33)/t21-,22-,23+,25-/m0/s1. The number of unbranched alkanes of at least 4 members (excludes halogenated alkanes) is 12. The lowest BCUT2D eigenvalue weighted by Gasteiger charge is -2.28. The van der Waals surface area contributed by atoms with Crippen molar-refractivity contribution in [1.82, 2.24) is 9.97 Å². The van der Waals surface area contributed by atoms with Crippen molar-refractivity contribution in [2.45, 2.75) is 121 Å². The highest BCUT2D eigenvalue weighted by Gasteiger charge is 2.58. The number of rotatable bonds is 18. The number of anilines is 1. The number of aliphatic hydroxyl groups excluding tert-OH is 3. The van der Waals surface area contributed by atoms with Crippen LogP contribution in [0.15, 0.2) is 17.1 Å². The summed E-state index contributed by atoms with van der Waals surface area (Å²) < 4.78 is 5.64. The lowest BCUT2D eigenvalue weighted by atomic mass is 9.88. The molecule has 194 valence electrons. The van der Waals surface area contributed by atoms with Crippen LogP contribution >= 0.6 is 0 Å². The topological polar surface area (TPSA) is 145 Å². The smallest absolute Gasteiger partial charge is 0.346 e. The first-order valence-corrected chi connectivity index (χ1v) is 12.9. The number of carbonyl (C=O) groups excluding carboxylic acids is 1. The van der Waals surface area contributed by atoms with E-state index in [0.29, 0.717) is 6.42 Å². The number of aliphatic hydroxyl groups is 3. The number of carbonyl (C=O) groups is 1. The van der Waals surface area contributed by atoms with Gasteiger partial charge in [-0.3, -0.25) is 9.78 Å². The molecule has 0 aromatic carbocycles. The fourth-order valence-corrected chi connectivity index (χ4v) is 4.49. The first kappa shape index (κ1) is 28.4. The van der Waals surface area contributed by atoms with Crippen LogP contribution in [0, 0.1) is 0 Å². The quantitative estimate of drug-likeness (QED) is 0.201. The second-order valence-corrected chi connectivity index (χ2v) is 9.37. The highest BCUT2D eigenvalue weighted by molar-refractivity contribution is 5.88. The van der Waals surface area contributed by atoms with E-state index in [1.807, 2.05) is 0 Å². The molecular weight excluding hydrogens is 438 g/mol. The Labute approximate surface area is 202 Å². The highest BCUT2D eigenvalue weighted by Crippen LogP contribution is 2.34. The van der Waals surface area contributed by atoms with Gasteiger partial charge in [-0.15, -0.1) is 0 Å². The van der Waals surface area contributed by atoms with Crippen molar-refractivity contribution in [3.8, 4) is 0 Å². The maximum Gasteiger partial charge on any atom is 0.346 e. The van der Waals surface area contributed by atoms with E-state index < -0.39 is 42.1 Å².